The summed E-state index contributed by atoms with van der Waals surface area (Å²) < 4.78 is 16.9. The van der Waals surface area contributed by atoms with E-state index < -0.39 is 34.2 Å². The van der Waals surface area contributed by atoms with E-state index in [-0.39, 0.29) is 29.2 Å². The van der Waals surface area contributed by atoms with Crippen molar-refractivity contribution >= 4 is 45.8 Å². The number of carbonyl (C=O) groups excluding carboxylic acids is 1. The minimum atomic E-state index is -1.57. The molecule has 33 heavy (non-hydrogen) atoms. The monoisotopic (exact) mass is 501 g/mol. The number of rotatable bonds is 9. The fourth-order valence-corrected chi connectivity index (χ4v) is 5.14. The van der Waals surface area contributed by atoms with Crippen LogP contribution >= 0.6 is 11.8 Å². The fraction of sp³-hybridized carbons (Fsp3) is 0.611. The molecule has 13 nitrogen and oxygen atoms in total. The van der Waals surface area contributed by atoms with Crippen LogP contribution in [0.25, 0.3) is 11.2 Å². The lowest BCUT2D eigenvalue weighted by Gasteiger charge is -2.37. The molecular formula is C18H27N7O6S2. The quantitative estimate of drug-likeness (QED) is 0.325. The number of carboxylic acid groups (broad SMARTS) is 1. The second-order valence-electron chi connectivity index (χ2n) is 7.75. The molecule has 1 fully saturated rings. The number of hydrogen-bond donors (Lipinski definition) is 3. The van der Waals surface area contributed by atoms with Gasteiger partial charge in [0.05, 0.1) is 5.75 Å². The molecule has 1 amide bonds. The van der Waals surface area contributed by atoms with Gasteiger partial charge < -0.3 is 10.1 Å². The number of aromatic amines is 1. The Morgan fingerprint density at radius 1 is 1.24 bits per heavy atom. The maximum Gasteiger partial charge on any atom is 0.332 e. The van der Waals surface area contributed by atoms with E-state index >= 15 is 0 Å². The molecule has 0 aromatic carbocycles. The third-order valence-corrected chi connectivity index (χ3v) is 7.36. The van der Waals surface area contributed by atoms with Crippen LogP contribution in [0.1, 0.15) is 6.42 Å². The molecule has 3 heterocycles. The van der Waals surface area contributed by atoms with Crippen LogP contribution in [0.2, 0.25) is 0 Å². The van der Waals surface area contributed by atoms with Crippen LogP contribution in [0.5, 0.6) is 0 Å². The van der Waals surface area contributed by atoms with Crippen molar-refractivity contribution in [2.75, 3.05) is 44.7 Å². The van der Waals surface area contributed by atoms with E-state index in [4.69, 9.17) is 0 Å². The Morgan fingerprint density at radius 3 is 2.67 bits per heavy atom. The first-order valence-corrected chi connectivity index (χ1v) is 12.5. The van der Waals surface area contributed by atoms with Gasteiger partial charge in [-0.1, -0.05) is 11.8 Å². The number of carboxylic acids is 1. The molecule has 0 radical (unpaired) electrons. The number of carbonyl (C=O) groups is 2. The molecule has 15 heteroatoms. The SMILES string of the molecule is CN1CCN(CCS(=O)NC(=O)CCSc2nc3c([nH]2)c(=O)n(C)c(=O)n3C)CC1C(=O)O. The summed E-state index contributed by atoms with van der Waals surface area (Å²) in [5, 5.41) is 9.66. The highest BCUT2D eigenvalue weighted by Crippen LogP contribution is 2.17. The second-order valence-corrected chi connectivity index (χ2v) is 10.1. The van der Waals surface area contributed by atoms with E-state index in [1.807, 2.05) is 4.90 Å². The Kier molecular flexibility index (Phi) is 8.10. The zero-order chi connectivity index (χ0) is 24.3. The lowest BCUT2D eigenvalue weighted by atomic mass is 10.2. The van der Waals surface area contributed by atoms with Gasteiger partial charge in [0.2, 0.25) is 5.91 Å². The molecule has 2 aromatic heterocycles. The fourth-order valence-electron chi connectivity index (χ4n) is 3.45. The molecule has 3 rings (SSSR count). The molecule has 0 spiro atoms. The average Bonchev–Trinajstić information content (AvgIpc) is 3.20. The van der Waals surface area contributed by atoms with Gasteiger partial charge in [-0.15, -0.1) is 0 Å². The van der Waals surface area contributed by atoms with Crippen LogP contribution in [-0.2, 0) is 34.7 Å². The zero-order valence-electron chi connectivity index (χ0n) is 18.6. The number of thioether (sulfide) groups is 1. The zero-order valence-corrected chi connectivity index (χ0v) is 20.2. The van der Waals surface area contributed by atoms with E-state index in [2.05, 4.69) is 14.7 Å². The third kappa shape index (κ3) is 5.90. The van der Waals surface area contributed by atoms with Crippen molar-refractivity contribution in [3.63, 3.8) is 0 Å². The number of hydrogen-bond acceptors (Lipinski definition) is 9. The molecule has 2 aromatic rings. The molecule has 2 atom stereocenters. The van der Waals surface area contributed by atoms with Crippen molar-refractivity contribution in [1.29, 1.82) is 0 Å². The Balaban J connectivity index is 1.44. The van der Waals surface area contributed by atoms with Gasteiger partial charge in [-0.25, -0.2) is 14.0 Å². The first-order valence-electron chi connectivity index (χ1n) is 10.2. The van der Waals surface area contributed by atoms with Crippen molar-refractivity contribution in [1.82, 2.24) is 33.6 Å². The Morgan fingerprint density at radius 2 is 1.97 bits per heavy atom. The number of aryl methyl sites for hydroxylation is 1. The Labute approximate surface area is 195 Å². The summed E-state index contributed by atoms with van der Waals surface area (Å²) in [5.74, 6) is -0.741. The van der Waals surface area contributed by atoms with E-state index in [9.17, 15) is 28.5 Å². The largest absolute Gasteiger partial charge is 0.480 e. The minimum absolute atomic E-state index is 0.0833. The summed E-state index contributed by atoms with van der Waals surface area (Å²) in [6.45, 7) is 2.05. The number of likely N-dealkylation sites (N-methyl/N-ethyl adjacent to an activating group) is 1. The maximum absolute atomic E-state index is 12.2. The topological polar surface area (TPSA) is 163 Å². The number of amides is 1. The predicted octanol–water partition coefficient (Wildman–Crippen LogP) is -2.08. The van der Waals surface area contributed by atoms with Gasteiger partial charge in [0, 0.05) is 52.4 Å². The summed E-state index contributed by atoms with van der Waals surface area (Å²) in [6.07, 6.45) is 0.0833. The normalized spacial score (nSPS) is 18.5. The standard InChI is InChI=1S/C18H27N7O6S2/c1-22-5-6-25(10-11(22)16(28)29)7-9-33(31)21-12(26)4-8-32-17-19-13-14(20-17)23(2)18(30)24(3)15(13)27/h11H,4-10H2,1-3H3,(H,19,20)(H,21,26)(H,28,29). The van der Waals surface area contributed by atoms with Crippen LogP contribution in [0.4, 0.5) is 0 Å². The Bertz CT molecular complexity index is 1190. The Hall–Kier alpha value is -2.49. The molecular weight excluding hydrogens is 474 g/mol. The molecule has 0 aliphatic carbocycles. The molecule has 0 bridgehead atoms. The van der Waals surface area contributed by atoms with E-state index in [0.29, 0.717) is 37.1 Å². The van der Waals surface area contributed by atoms with E-state index in [1.165, 1.54) is 30.4 Å². The molecule has 2 unspecified atom stereocenters. The molecule has 1 saturated heterocycles. The summed E-state index contributed by atoms with van der Waals surface area (Å²) >= 11 is 1.21. The van der Waals surface area contributed by atoms with Crippen molar-refractivity contribution in [3.05, 3.63) is 20.8 Å². The predicted molar refractivity (Wildman–Crippen MR) is 124 cm³/mol. The molecule has 0 saturated carbocycles. The van der Waals surface area contributed by atoms with Crippen molar-refractivity contribution in [3.8, 4) is 0 Å². The van der Waals surface area contributed by atoms with Gasteiger partial charge in [0.15, 0.2) is 16.3 Å². The van der Waals surface area contributed by atoms with Gasteiger partial charge >= 0.3 is 11.7 Å². The third-order valence-electron chi connectivity index (χ3n) is 5.48. The van der Waals surface area contributed by atoms with Gasteiger partial charge in [-0.2, -0.15) is 0 Å². The summed E-state index contributed by atoms with van der Waals surface area (Å²) in [5.41, 5.74) is -0.505. The van der Waals surface area contributed by atoms with Crippen LogP contribution in [-0.4, -0.2) is 101 Å². The summed E-state index contributed by atoms with van der Waals surface area (Å²) in [6, 6.07) is -0.598. The first kappa shape index (κ1) is 25.1. The number of nitrogens with one attached hydrogen (secondary N) is 2. The summed E-state index contributed by atoms with van der Waals surface area (Å²) in [7, 11) is 3.10. The molecule has 3 N–H and O–H groups in total. The average molecular weight is 502 g/mol. The number of nitrogens with zero attached hydrogens (tertiary/aromatic N) is 5. The maximum atomic E-state index is 12.2. The molecule has 182 valence electrons. The number of fused-ring (bicyclic) bond motifs is 1. The lowest BCUT2D eigenvalue weighted by molar-refractivity contribution is -0.145. The van der Waals surface area contributed by atoms with Gasteiger partial charge in [0.25, 0.3) is 5.56 Å². The van der Waals surface area contributed by atoms with E-state index in [1.54, 1.807) is 11.9 Å². The minimum Gasteiger partial charge on any atom is -0.480 e. The lowest BCUT2D eigenvalue weighted by Crippen LogP contribution is -2.55. The smallest absolute Gasteiger partial charge is 0.332 e. The highest BCUT2D eigenvalue weighted by molar-refractivity contribution is 7.99. The molecule has 1 aliphatic rings. The number of aromatic nitrogens is 4. The second kappa shape index (κ2) is 10.6. The van der Waals surface area contributed by atoms with Crippen LogP contribution < -0.4 is 16.0 Å². The number of piperazine rings is 1. The van der Waals surface area contributed by atoms with Crippen LogP contribution in [0, 0.1) is 0 Å². The van der Waals surface area contributed by atoms with Gasteiger partial charge in [-0.05, 0) is 7.05 Å². The van der Waals surface area contributed by atoms with Crippen molar-refractivity contribution in [2.45, 2.75) is 17.6 Å². The van der Waals surface area contributed by atoms with Gasteiger partial charge in [-0.3, -0.25) is 38.0 Å². The number of imidazole rings is 1. The number of H-pyrrole nitrogens is 1. The highest BCUT2D eigenvalue weighted by Gasteiger charge is 2.29. The van der Waals surface area contributed by atoms with Crippen molar-refractivity contribution in [2.24, 2.45) is 14.1 Å². The number of aliphatic carboxylic acids is 1. The van der Waals surface area contributed by atoms with Crippen LogP contribution in [0.15, 0.2) is 14.7 Å². The van der Waals surface area contributed by atoms with Gasteiger partial charge in [0.1, 0.15) is 17.0 Å². The summed E-state index contributed by atoms with van der Waals surface area (Å²) in [4.78, 5) is 58.4. The molecule has 1 aliphatic heterocycles. The van der Waals surface area contributed by atoms with Crippen LogP contribution in [0.3, 0.4) is 0 Å². The highest BCUT2D eigenvalue weighted by atomic mass is 32.2. The first-order chi connectivity index (χ1) is 15.6. The van der Waals surface area contributed by atoms with E-state index in [0.717, 1.165) is 4.57 Å². The van der Waals surface area contributed by atoms with Crippen molar-refractivity contribution < 1.29 is 18.9 Å².